The average molecular weight is 245 g/mol. The van der Waals surface area contributed by atoms with E-state index in [1.807, 2.05) is 0 Å². The minimum absolute atomic E-state index is 0.237. The highest BCUT2D eigenvalue weighted by molar-refractivity contribution is 5.74. The zero-order chi connectivity index (χ0) is 12.7. The van der Waals surface area contributed by atoms with Crippen molar-refractivity contribution in [1.82, 2.24) is 5.32 Å². The lowest BCUT2D eigenvalue weighted by Gasteiger charge is -2.17. The molecule has 2 unspecified atom stereocenters. The van der Waals surface area contributed by atoms with Gasteiger partial charge in [-0.2, -0.15) is 0 Å². The first-order valence-electron chi connectivity index (χ1n) is 6.37. The summed E-state index contributed by atoms with van der Waals surface area (Å²) >= 11 is 0. The van der Waals surface area contributed by atoms with E-state index in [1.165, 1.54) is 0 Å². The van der Waals surface area contributed by atoms with Crippen molar-refractivity contribution >= 4 is 5.97 Å². The minimum Gasteiger partial charge on any atom is -0.480 e. The molecule has 2 atom stereocenters. The van der Waals surface area contributed by atoms with Gasteiger partial charge in [0, 0.05) is 13.2 Å². The number of unbranched alkanes of at least 4 members (excludes halogenated alkanes) is 1. The number of aliphatic carboxylic acids is 1. The highest BCUT2D eigenvalue weighted by Crippen LogP contribution is 2.32. The second kappa shape index (κ2) is 7.63. The first-order chi connectivity index (χ1) is 8.15. The van der Waals surface area contributed by atoms with Crippen LogP contribution in [0.1, 0.15) is 32.6 Å². The number of carbonyl (C=O) groups is 1. The van der Waals surface area contributed by atoms with Crippen LogP contribution in [0.3, 0.4) is 0 Å². The number of ether oxygens (including phenoxy) is 1. The summed E-state index contributed by atoms with van der Waals surface area (Å²) in [5.74, 6) is -0.590. The number of carboxylic acid groups (broad SMARTS) is 1. The first-order valence-corrected chi connectivity index (χ1v) is 6.37. The molecule has 0 radical (unpaired) electrons. The smallest absolute Gasteiger partial charge is 0.320 e. The van der Waals surface area contributed by atoms with Gasteiger partial charge >= 0.3 is 5.97 Å². The van der Waals surface area contributed by atoms with Crippen molar-refractivity contribution in [2.24, 2.45) is 5.92 Å². The molecule has 1 fully saturated rings. The first kappa shape index (κ1) is 14.4. The van der Waals surface area contributed by atoms with Crippen LogP contribution in [0.2, 0.25) is 0 Å². The zero-order valence-electron chi connectivity index (χ0n) is 10.4. The van der Waals surface area contributed by atoms with E-state index >= 15 is 0 Å². The van der Waals surface area contributed by atoms with Crippen molar-refractivity contribution in [2.75, 3.05) is 19.8 Å². The summed E-state index contributed by atoms with van der Waals surface area (Å²) in [5.41, 5.74) is 0. The molecule has 5 heteroatoms. The van der Waals surface area contributed by atoms with Crippen molar-refractivity contribution in [2.45, 2.75) is 44.8 Å². The molecule has 3 N–H and O–H groups in total. The molecule has 0 aliphatic heterocycles. The van der Waals surface area contributed by atoms with Crippen LogP contribution in [-0.4, -0.2) is 48.1 Å². The third kappa shape index (κ3) is 6.00. The maximum absolute atomic E-state index is 10.9. The number of aliphatic hydroxyl groups is 1. The van der Waals surface area contributed by atoms with E-state index in [2.05, 4.69) is 12.2 Å². The molecule has 0 heterocycles. The molecule has 0 aromatic carbocycles. The third-order valence-corrected chi connectivity index (χ3v) is 2.89. The molecule has 1 rings (SSSR count). The van der Waals surface area contributed by atoms with Crippen molar-refractivity contribution in [3.05, 3.63) is 0 Å². The highest BCUT2D eigenvalue weighted by atomic mass is 16.5. The molecule has 0 bridgehead atoms. The lowest BCUT2D eigenvalue weighted by atomic mass is 10.2. The molecular formula is C12H23NO4. The van der Waals surface area contributed by atoms with Crippen LogP contribution in [0.25, 0.3) is 0 Å². The Labute approximate surface area is 102 Å². The number of hydrogen-bond donors (Lipinski definition) is 3. The van der Waals surface area contributed by atoms with Gasteiger partial charge in [0.1, 0.15) is 6.04 Å². The Morgan fingerprint density at radius 1 is 1.53 bits per heavy atom. The van der Waals surface area contributed by atoms with Gasteiger partial charge in [-0.1, -0.05) is 13.3 Å². The summed E-state index contributed by atoms with van der Waals surface area (Å²) in [7, 11) is 0. The maximum atomic E-state index is 10.9. The maximum Gasteiger partial charge on any atom is 0.320 e. The normalized spacial score (nSPS) is 18.9. The summed E-state index contributed by atoms with van der Waals surface area (Å²) in [6.45, 7) is 3.27. The van der Waals surface area contributed by atoms with Crippen LogP contribution in [-0.2, 0) is 9.53 Å². The van der Waals surface area contributed by atoms with E-state index in [9.17, 15) is 9.90 Å². The van der Waals surface area contributed by atoms with Crippen LogP contribution in [0.15, 0.2) is 0 Å². The summed E-state index contributed by atoms with van der Waals surface area (Å²) in [5, 5.41) is 21.5. The number of rotatable bonds is 10. The predicted octanol–water partition coefficient (Wildman–Crippen LogP) is 0.617. The summed E-state index contributed by atoms with van der Waals surface area (Å²) in [6.07, 6.45) is 3.35. The summed E-state index contributed by atoms with van der Waals surface area (Å²) in [6, 6.07) is -0.514. The Morgan fingerprint density at radius 3 is 2.76 bits per heavy atom. The van der Waals surface area contributed by atoms with E-state index in [-0.39, 0.29) is 19.1 Å². The highest BCUT2D eigenvalue weighted by Gasteiger charge is 2.35. The molecule has 0 spiro atoms. The molecule has 1 aliphatic carbocycles. The molecule has 1 aliphatic rings. The van der Waals surface area contributed by atoms with Gasteiger partial charge in [-0.05, 0) is 25.2 Å². The molecule has 100 valence electrons. The van der Waals surface area contributed by atoms with Crippen molar-refractivity contribution < 1.29 is 19.7 Å². The van der Waals surface area contributed by atoms with Gasteiger partial charge in [-0.15, -0.1) is 0 Å². The summed E-state index contributed by atoms with van der Waals surface area (Å²) in [4.78, 5) is 10.9. The van der Waals surface area contributed by atoms with Crippen LogP contribution in [0, 0.1) is 5.92 Å². The molecule has 0 saturated heterocycles. The number of aliphatic hydroxyl groups excluding tert-OH is 1. The van der Waals surface area contributed by atoms with E-state index in [0.717, 1.165) is 25.7 Å². The fourth-order valence-corrected chi connectivity index (χ4v) is 1.67. The molecule has 17 heavy (non-hydrogen) atoms. The summed E-state index contributed by atoms with van der Waals surface area (Å²) < 4.78 is 5.27. The Kier molecular flexibility index (Phi) is 6.47. The standard InChI is InChI=1S/C12H23NO4/c1-2-3-6-17-8-10(14)7-13-11(12(15)16)9-4-5-9/h9-11,13-14H,2-8H2,1H3,(H,15,16). The van der Waals surface area contributed by atoms with Crippen LogP contribution in [0.4, 0.5) is 0 Å². The molecule has 0 amide bonds. The lowest BCUT2D eigenvalue weighted by molar-refractivity contribution is -0.140. The van der Waals surface area contributed by atoms with Gasteiger partial charge in [0.05, 0.1) is 12.7 Å². The quantitative estimate of drug-likeness (QED) is 0.492. The van der Waals surface area contributed by atoms with E-state index < -0.39 is 18.1 Å². The zero-order valence-corrected chi connectivity index (χ0v) is 10.4. The lowest BCUT2D eigenvalue weighted by Crippen LogP contribution is -2.43. The van der Waals surface area contributed by atoms with Crippen LogP contribution >= 0.6 is 0 Å². The third-order valence-electron chi connectivity index (χ3n) is 2.89. The van der Waals surface area contributed by atoms with E-state index in [4.69, 9.17) is 9.84 Å². The largest absolute Gasteiger partial charge is 0.480 e. The fraction of sp³-hybridized carbons (Fsp3) is 0.917. The molecule has 0 aromatic heterocycles. The Morgan fingerprint density at radius 2 is 2.24 bits per heavy atom. The second-order valence-corrected chi connectivity index (χ2v) is 4.64. The van der Waals surface area contributed by atoms with Gasteiger partial charge in [0.25, 0.3) is 0 Å². The molecule has 1 saturated carbocycles. The van der Waals surface area contributed by atoms with Crippen molar-refractivity contribution in [3.8, 4) is 0 Å². The van der Waals surface area contributed by atoms with Crippen molar-refractivity contribution in [3.63, 3.8) is 0 Å². The molecule has 0 aromatic rings. The minimum atomic E-state index is -0.827. The van der Waals surface area contributed by atoms with Crippen LogP contribution < -0.4 is 5.32 Å². The SMILES string of the molecule is CCCCOCC(O)CNC(C(=O)O)C1CC1. The number of nitrogens with one attached hydrogen (secondary N) is 1. The Balaban J connectivity index is 2.08. The average Bonchev–Trinajstić information content (AvgIpc) is 3.08. The fourth-order valence-electron chi connectivity index (χ4n) is 1.67. The Hall–Kier alpha value is -0.650. The number of hydrogen-bond acceptors (Lipinski definition) is 4. The molecular weight excluding hydrogens is 222 g/mol. The monoisotopic (exact) mass is 245 g/mol. The van der Waals surface area contributed by atoms with Gasteiger partial charge in [0.15, 0.2) is 0 Å². The van der Waals surface area contributed by atoms with Gasteiger partial charge in [0.2, 0.25) is 0 Å². The topological polar surface area (TPSA) is 78.8 Å². The molecule has 5 nitrogen and oxygen atoms in total. The van der Waals surface area contributed by atoms with E-state index in [0.29, 0.717) is 6.61 Å². The van der Waals surface area contributed by atoms with Gasteiger partial charge < -0.3 is 20.3 Å². The number of carboxylic acids is 1. The van der Waals surface area contributed by atoms with E-state index in [1.54, 1.807) is 0 Å². The Bertz CT molecular complexity index is 231. The van der Waals surface area contributed by atoms with Gasteiger partial charge in [-0.25, -0.2) is 0 Å². The predicted molar refractivity (Wildman–Crippen MR) is 63.9 cm³/mol. The second-order valence-electron chi connectivity index (χ2n) is 4.64. The van der Waals surface area contributed by atoms with Crippen molar-refractivity contribution in [1.29, 1.82) is 0 Å². The van der Waals surface area contributed by atoms with Crippen LogP contribution in [0.5, 0.6) is 0 Å². The van der Waals surface area contributed by atoms with Gasteiger partial charge in [-0.3, -0.25) is 4.79 Å².